The summed E-state index contributed by atoms with van der Waals surface area (Å²) in [6, 6.07) is 19.5. The van der Waals surface area contributed by atoms with E-state index in [4.69, 9.17) is 4.74 Å². The average Bonchev–Trinajstić information content (AvgIpc) is 3.48. The Kier molecular flexibility index (Phi) is 6.15. The molecule has 2 aromatic carbocycles. The van der Waals surface area contributed by atoms with E-state index in [2.05, 4.69) is 10.2 Å². The maximum atomic E-state index is 13.5. The van der Waals surface area contributed by atoms with Gasteiger partial charge < -0.3 is 19.9 Å². The van der Waals surface area contributed by atoms with Crippen molar-refractivity contribution in [3.63, 3.8) is 0 Å². The van der Waals surface area contributed by atoms with Crippen molar-refractivity contribution < 1.29 is 14.3 Å². The molecule has 2 atom stereocenters. The van der Waals surface area contributed by atoms with Crippen molar-refractivity contribution in [3.8, 4) is 0 Å². The van der Waals surface area contributed by atoms with Crippen LogP contribution in [0.2, 0.25) is 0 Å². The summed E-state index contributed by atoms with van der Waals surface area (Å²) in [5, 5.41) is 5.08. The predicted octanol–water partition coefficient (Wildman–Crippen LogP) is 4.63. The third-order valence-corrected chi connectivity index (χ3v) is 7.24. The van der Waals surface area contributed by atoms with Crippen molar-refractivity contribution in [2.24, 2.45) is 5.92 Å². The van der Waals surface area contributed by atoms with Crippen LogP contribution in [0.5, 0.6) is 0 Å². The number of nitrogens with one attached hydrogen (secondary N) is 1. The number of carbonyl (C=O) groups excluding carboxylic acids is 2. The standard InChI is InChI=1S/C26H27N3O3S/c1-18-7-9-20(10-8-18)29-24(30)17-22(25(29)23-6-3-15-33-23)26(31)27-19-4-2-5-21(16-19)28-11-13-32-14-12-28/h2-10,15-16,22,25H,11-14,17H2,1H3,(H,27,31). The predicted molar refractivity (Wildman–Crippen MR) is 132 cm³/mol. The van der Waals surface area contributed by atoms with Crippen LogP contribution < -0.4 is 15.1 Å². The Morgan fingerprint density at radius 1 is 1.03 bits per heavy atom. The van der Waals surface area contributed by atoms with E-state index in [0.29, 0.717) is 13.2 Å². The highest BCUT2D eigenvalue weighted by Gasteiger charge is 2.45. The summed E-state index contributed by atoms with van der Waals surface area (Å²) in [7, 11) is 0. The average molecular weight is 462 g/mol. The number of morpholine rings is 1. The number of aryl methyl sites for hydroxylation is 1. The molecule has 3 heterocycles. The van der Waals surface area contributed by atoms with Crippen molar-refractivity contribution >= 4 is 40.2 Å². The van der Waals surface area contributed by atoms with Crippen LogP contribution in [-0.4, -0.2) is 38.1 Å². The quantitative estimate of drug-likeness (QED) is 0.602. The summed E-state index contributed by atoms with van der Waals surface area (Å²) < 4.78 is 5.45. The molecule has 1 N–H and O–H groups in total. The molecule has 5 rings (SSSR count). The molecule has 2 saturated heterocycles. The van der Waals surface area contributed by atoms with Gasteiger partial charge in [0.25, 0.3) is 0 Å². The van der Waals surface area contributed by atoms with Crippen molar-refractivity contribution in [2.45, 2.75) is 19.4 Å². The summed E-state index contributed by atoms with van der Waals surface area (Å²) in [6.45, 7) is 5.10. The lowest BCUT2D eigenvalue weighted by Crippen LogP contribution is -2.36. The number of ether oxygens (including phenoxy) is 1. The fourth-order valence-electron chi connectivity index (χ4n) is 4.60. The van der Waals surface area contributed by atoms with Gasteiger partial charge in [0.1, 0.15) is 0 Å². The summed E-state index contributed by atoms with van der Waals surface area (Å²) >= 11 is 1.58. The molecule has 0 aliphatic carbocycles. The van der Waals surface area contributed by atoms with E-state index >= 15 is 0 Å². The van der Waals surface area contributed by atoms with Crippen molar-refractivity contribution in [1.29, 1.82) is 0 Å². The van der Waals surface area contributed by atoms with E-state index in [1.807, 2.05) is 73.0 Å². The molecule has 2 aliphatic rings. The lowest BCUT2D eigenvalue weighted by Gasteiger charge is -2.29. The third-order valence-electron chi connectivity index (χ3n) is 6.30. The lowest BCUT2D eigenvalue weighted by molar-refractivity contribution is -0.122. The number of anilines is 3. The second kappa shape index (κ2) is 9.37. The largest absolute Gasteiger partial charge is 0.378 e. The Hall–Kier alpha value is -3.16. The first-order valence-electron chi connectivity index (χ1n) is 11.3. The number of rotatable bonds is 5. The van der Waals surface area contributed by atoms with Crippen LogP contribution >= 0.6 is 11.3 Å². The number of hydrogen-bond donors (Lipinski definition) is 1. The molecular formula is C26H27N3O3S. The molecule has 2 amide bonds. The molecule has 2 unspecified atom stereocenters. The van der Waals surface area contributed by atoms with Gasteiger partial charge in [-0.1, -0.05) is 29.8 Å². The van der Waals surface area contributed by atoms with E-state index < -0.39 is 5.92 Å². The minimum atomic E-state index is -0.468. The van der Waals surface area contributed by atoms with E-state index in [9.17, 15) is 9.59 Å². The molecule has 33 heavy (non-hydrogen) atoms. The van der Waals surface area contributed by atoms with Gasteiger partial charge in [0, 0.05) is 41.4 Å². The van der Waals surface area contributed by atoms with Crippen LogP contribution in [0, 0.1) is 12.8 Å². The first kappa shape index (κ1) is 21.7. The van der Waals surface area contributed by atoms with Gasteiger partial charge in [-0.3, -0.25) is 9.59 Å². The zero-order valence-electron chi connectivity index (χ0n) is 18.6. The highest BCUT2D eigenvalue weighted by Crippen LogP contribution is 2.43. The molecular weight excluding hydrogens is 434 g/mol. The highest BCUT2D eigenvalue weighted by atomic mass is 32.1. The number of nitrogens with zero attached hydrogens (tertiary/aromatic N) is 2. The molecule has 2 aliphatic heterocycles. The monoisotopic (exact) mass is 461 g/mol. The van der Waals surface area contributed by atoms with Crippen LogP contribution in [0.25, 0.3) is 0 Å². The van der Waals surface area contributed by atoms with Crippen LogP contribution in [0.1, 0.15) is 22.9 Å². The van der Waals surface area contributed by atoms with Crippen molar-refractivity contribution in [2.75, 3.05) is 41.4 Å². The normalized spacial score (nSPS) is 20.8. The van der Waals surface area contributed by atoms with E-state index in [0.717, 1.165) is 40.6 Å². The molecule has 7 heteroatoms. The van der Waals surface area contributed by atoms with Crippen molar-refractivity contribution in [3.05, 3.63) is 76.5 Å². The summed E-state index contributed by atoms with van der Waals surface area (Å²) in [5.74, 6) is -0.626. The Bertz CT molecular complexity index is 1120. The van der Waals surface area contributed by atoms with Crippen LogP contribution in [0.3, 0.4) is 0 Å². The Labute approximate surface area is 197 Å². The number of benzene rings is 2. The van der Waals surface area contributed by atoms with Crippen molar-refractivity contribution in [1.82, 2.24) is 0 Å². The molecule has 6 nitrogen and oxygen atoms in total. The molecule has 0 spiro atoms. The van der Waals surface area contributed by atoms with E-state index in [1.54, 1.807) is 16.2 Å². The molecule has 3 aromatic rings. The first-order chi connectivity index (χ1) is 16.1. The van der Waals surface area contributed by atoms with Gasteiger partial charge in [-0.25, -0.2) is 0 Å². The second-order valence-electron chi connectivity index (χ2n) is 8.51. The molecule has 2 fully saturated rings. The highest BCUT2D eigenvalue weighted by molar-refractivity contribution is 7.10. The molecule has 0 radical (unpaired) electrons. The zero-order chi connectivity index (χ0) is 22.8. The van der Waals surface area contributed by atoms with Gasteiger partial charge in [-0.2, -0.15) is 0 Å². The molecule has 1 aromatic heterocycles. The van der Waals surface area contributed by atoms with Gasteiger partial charge in [-0.05, 0) is 48.7 Å². The van der Waals surface area contributed by atoms with Gasteiger partial charge in [0.2, 0.25) is 11.8 Å². The zero-order valence-corrected chi connectivity index (χ0v) is 19.4. The summed E-state index contributed by atoms with van der Waals surface area (Å²) in [5.41, 5.74) is 3.77. The maximum Gasteiger partial charge on any atom is 0.230 e. The number of carbonyl (C=O) groups is 2. The first-order valence-corrected chi connectivity index (χ1v) is 12.1. The number of hydrogen-bond acceptors (Lipinski definition) is 5. The SMILES string of the molecule is Cc1ccc(N2C(=O)CC(C(=O)Nc3cccc(N4CCOCC4)c3)C2c2cccs2)cc1. The smallest absolute Gasteiger partial charge is 0.230 e. The van der Waals surface area contributed by atoms with Gasteiger partial charge >= 0.3 is 0 Å². The van der Waals surface area contributed by atoms with Gasteiger partial charge in [-0.15, -0.1) is 11.3 Å². The molecule has 0 saturated carbocycles. The van der Waals surface area contributed by atoms with E-state index in [1.165, 1.54) is 0 Å². The fraction of sp³-hybridized carbons (Fsp3) is 0.308. The van der Waals surface area contributed by atoms with Crippen LogP contribution in [-0.2, 0) is 14.3 Å². The van der Waals surface area contributed by atoms with Crippen LogP contribution in [0.4, 0.5) is 17.1 Å². The topological polar surface area (TPSA) is 61.9 Å². The van der Waals surface area contributed by atoms with Crippen LogP contribution in [0.15, 0.2) is 66.0 Å². The number of amides is 2. The third kappa shape index (κ3) is 4.51. The molecule has 170 valence electrons. The molecule has 0 bridgehead atoms. The Balaban J connectivity index is 1.40. The summed E-state index contributed by atoms with van der Waals surface area (Å²) in [4.78, 5) is 31.7. The minimum absolute atomic E-state index is 0.0283. The maximum absolute atomic E-state index is 13.5. The fourth-order valence-corrected chi connectivity index (χ4v) is 5.48. The van der Waals surface area contributed by atoms with Gasteiger partial charge in [0.15, 0.2) is 0 Å². The number of thiophene rings is 1. The summed E-state index contributed by atoms with van der Waals surface area (Å²) in [6.07, 6.45) is 0.186. The van der Waals surface area contributed by atoms with Gasteiger partial charge in [0.05, 0.1) is 25.2 Å². The Morgan fingerprint density at radius 2 is 1.82 bits per heavy atom. The lowest BCUT2D eigenvalue weighted by atomic mass is 9.97. The minimum Gasteiger partial charge on any atom is -0.378 e. The second-order valence-corrected chi connectivity index (χ2v) is 9.49. The Morgan fingerprint density at radius 3 is 2.55 bits per heavy atom. The van der Waals surface area contributed by atoms with E-state index in [-0.39, 0.29) is 24.3 Å².